The van der Waals surface area contributed by atoms with Crippen LogP contribution in [0.4, 0.5) is 0 Å². The molecule has 0 bridgehead atoms. The van der Waals surface area contributed by atoms with Crippen LogP contribution >= 0.6 is 0 Å². The largest absolute Gasteiger partial charge is 0.387 e. The Labute approximate surface area is 755 Å². The number of aliphatic hydroxyl groups is 2. The lowest BCUT2D eigenvalue weighted by atomic mass is 9.94. The van der Waals surface area contributed by atoms with Crippen LogP contribution in [0.15, 0.2) is 364 Å². The van der Waals surface area contributed by atoms with Crippen LogP contribution in [-0.2, 0) is 169 Å². The molecule has 21 heteroatoms. The molecule has 2 unspecified atom stereocenters. The van der Waals surface area contributed by atoms with Gasteiger partial charge in [-0.15, -0.1) is 0 Å². The van der Waals surface area contributed by atoms with Crippen LogP contribution in [0.5, 0.6) is 0 Å². The predicted molar refractivity (Wildman–Crippen MR) is 482 cm³/mol. The maximum atomic E-state index is 13.0. The Bertz CT molecular complexity index is 5070. The van der Waals surface area contributed by atoms with Crippen LogP contribution in [0.2, 0.25) is 0 Å². The van der Waals surface area contributed by atoms with Gasteiger partial charge in [0.05, 0.1) is 106 Å². The third-order valence-corrected chi connectivity index (χ3v) is 23.1. The normalized spacial score (nSPS) is 25.8. The zero-order valence-corrected chi connectivity index (χ0v) is 72.2. The van der Waals surface area contributed by atoms with Gasteiger partial charge in [-0.2, -0.15) is 0 Å². The van der Waals surface area contributed by atoms with Crippen molar-refractivity contribution < 1.29 is 100 Å². The van der Waals surface area contributed by atoms with Gasteiger partial charge in [0.15, 0.2) is 25.2 Å². The molecule has 4 saturated heterocycles. The van der Waals surface area contributed by atoms with Gasteiger partial charge >= 0.3 is 0 Å². The van der Waals surface area contributed by atoms with E-state index < -0.39 is 123 Å². The van der Waals surface area contributed by atoms with Crippen LogP contribution in [0.25, 0.3) is 0 Å². The summed E-state index contributed by atoms with van der Waals surface area (Å²) < 4.78 is 139. The summed E-state index contributed by atoms with van der Waals surface area (Å²) in [6.45, 7) is 0.734. The van der Waals surface area contributed by atoms with Crippen LogP contribution in [0.1, 0.15) is 66.8 Å². The van der Waals surface area contributed by atoms with Gasteiger partial charge in [-0.3, -0.25) is 0 Å². The maximum Gasteiger partial charge on any atom is 0.187 e. The first kappa shape index (κ1) is 92.1. The quantitative estimate of drug-likeness (QED) is 0.0363. The lowest BCUT2D eigenvalue weighted by Gasteiger charge is -2.52. The summed E-state index contributed by atoms with van der Waals surface area (Å²) in [5.41, 5.74) is 10.4. The molecule has 0 amide bonds. The molecular formula is C108H114O21. The molecule has 0 radical (unpaired) electrons. The molecule has 0 saturated carbocycles. The Balaban J connectivity index is 0.831. The third-order valence-electron chi connectivity index (χ3n) is 23.1. The van der Waals surface area contributed by atoms with E-state index in [9.17, 15) is 10.2 Å². The Morgan fingerprint density at radius 1 is 0.171 bits per heavy atom. The molecule has 16 rings (SSSR count). The van der Waals surface area contributed by atoms with Crippen molar-refractivity contribution in [1.82, 2.24) is 0 Å². The molecule has 0 aliphatic carbocycles. The Kier molecular flexibility index (Phi) is 35.1. The van der Waals surface area contributed by atoms with Gasteiger partial charge in [-0.05, 0) is 66.8 Å². The summed E-state index contributed by atoms with van der Waals surface area (Å²) in [6, 6.07) is 118. The molecule has 0 aromatic heterocycles. The monoisotopic (exact) mass is 1750 g/mol. The fraction of sp³-hybridized carbons (Fsp3) is 0.333. The van der Waals surface area contributed by atoms with Crippen molar-refractivity contribution in [2.45, 2.75) is 202 Å². The van der Waals surface area contributed by atoms with Gasteiger partial charge < -0.3 is 100 Å². The van der Waals surface area contributed by atoms with Crippen molar-refractivity contribution in [2.75, 3.05) is 26.4 Å². The molecule has 21 nitrogen and oxygen atoms in total. The average molecular weight is 1750 g/mol. The summed E-state index contributed by atoms with van der Waals surface area (Å²) >= 11 is 0. The molecule has 12 aromatic rings. The number of hydrogen-bond donors (Lipinski definition) is 2. The second-order valence-corrected chi connectivity index (χ2v) is 32.6. The van der Waals surface area contributed by atoms with Gasteiger partial charge in [0.1, 0.15) is 97.7 Å². The zero-order chi connectivity index (χ0) is 87.7. The van der Waals surface area contributed by atoms with Crippen molar-refractivity contribution in [3.63, 3.8) is 0 Å². The Morgan fingerprint density at radius 3 is 0.581 bits per heavy atom. The van der Waals surface area contributed by atoms with E-state index in [0.717, 1.165) is 66.8 Å². The first-order valence-corrected chi connectivity index (χ1v) is 44.5. The highest BCUT2D eigenvalue weighted by Crippen LogP contribution is 2.42. The first-order chi connectivity index (χ1) is 63.8. The highest BCUT2D eigenvalue weighted by atomic mass is 16.8. The Hall–Kier alpha value is -10.2. The molecule has 20 atom stereocenters. The van der Waals surface area contributed by atoms with Gasteiger partial charge in [-0.1, -0.05) is 364 Å². The summed E-state index contributed by atoms with van der Waals surface area (Å²) in [7, 11) is 0. The molecule has 4 aliphatic heterocycles. The van der Waals surface area contributed by atoms with Crippen molar-refractivity contribution in [3.8, 4) is 0 Å². The molecular weight excluding hydrogens is 1630 g/mol. The fourth-order valence-corrected chi connectivity index (χ4v) is 16.4. The van der Waals surface area contributed by atoms with E-state index in [1.807, 2.05) is 364 Å². The molecule has 2 N–H and O–H groups in total. The fourth-order valence-electron chi connectivity index (χ4n) is 16.4. The topological polar surface area (TPSA) is 216 Å². The molecule has 4 aliphatic rings. The first-order valence-electron chi connectivity index (χ1n) is 44.5. The summed E-state index contributed by atoms with van der Waals surface area (Å²) in [5, 5.41) is 25.6. The van der Waals surface area contributed by atoms with E-state index in [-0.39, 0.29) is 106 Å². The Morgan fingerprint density at radius 2 is 0.341 bits per heavy atom. The highest BCUT2D eigenvalue weighted by molar-refractivity contribution is 5.23. The lowest BCUT2D eigenvalue weighted by Crippen LogP contribution is -2.69. The summed E-state index contributed by atoms with van der Waals surface area (Å²) in [6.07, 6.45) is -24.4. The number of aliphatic hydroxyl groups excluding tert-OH is 2. The van der Waals surface area contributed by atoms with E-state index in [0.29, 0.717) is 0 Å². The van der Waals surface area contributed by atoms with Gasteiger partial charge in [-0.25, -0.2) is 0 Å². The second kappa shape index (κ2) is 49.2. The van der Waals surface area contributed by atoms with E-state index in [4.69, 9.17) is 90.0 Å². The van der Waals surface area contributed by atoms with Gasteiger partial charge in [0.25, 0.3) is 0 Å². The van der Waals surface area contributed by atoms with Crippen LogP contribution in [-0.4, -0.2) is 159 Å². The SMILES string of the molecule is OC1OC(COCc2ccccc2)[C@@H](O[C@@H]2O[C@H](COCc3ccccc3)[C@@H](O[C@@H]3O[C@@H](COCc4ccccc4)[C@H](O[C@@H]4O[C@@H](COCc5ccccc5)[C@H](O)[C@H](OCc5ccccc5)[C@H]4OCc4ccccc4)[C@H](OCc4ccccc4)[C@H]3OCc3ccccc3)[C@@H](OCc3ccccc3)[C@H]2OCc2ccccc2)[C@@H](OCc2ccccc2)[C@@H]1OCc1ccccc1. The van der Waals surface area contributed by atoms with E-state index in [2.05, 4.69) is 0 Å². The van der Waals surface area contributed by atoms with Crippen molar-refractivity contribution in [2.24, 2.45) is 0 Å². The average Bonchev–Trinajstić information content (AvgIpc) is 0.756. The minimum absolute atomic E-state index is 0.0162. The minimum Gasteiger partial charge on any atom is -0.387 e. The number of hydrogen-bond acceptors (Lipinski definition) is 21. The predicted octanol–water partition coefficient (Wildman–Crippen LogP) is 16.9. The smallest absolute Gasteiger partial charge is 0.187 e. The highest BCUT2D eigenvalue weighted by Gasteiger charge is 2.59. The molecule has 672 valence electrons. The van der Waals surface area contributed by atoms with E-state index in [1.165, 1.54) is 0 Å². The maximum absolute atomic E-state index is 13.0. The van der Waals surface area contributed by atoms with Gasteiger partial charge in [0, 0.05) is 0 Å². The summed E-state index contributed by atoms with van der Waals surface area (Å²) in [4.78, 5) is 0. The lowest BCUT2D eigenvalue weighted by molar-refractivity contribution is -0.402. The second-order valence-electron chi connectivity index (χ2n) is 32.6. The summed E-state index contributed by atoms with van der Waals surface area (Å²) in [5.74, 6) is 0. The molecule has 12 aromatic carbocycles. The minimum atomic E-state index is -1.54. The van der Waals surface area contributed by atoms with E-state index >= 15 is 0 Å². The van der Waals surface area contributed by atoms with Crippen LogP contribution < -0.4 is 0 Å². The van der Waals surface area contributed by atoms with Crippen molar-refractivity contribution >= 4 is 0 Å². The number of ether oxygens (including phenoxy) is 19. The standard InChI is InChI=1S/C108H114O21/c109-93-89(73-111-61-77-37-13-1-14-38-77)124-106(102(120-70-86-55-31-10-32-56-86)97(93)115-65-81-45-21-5-22-46-81)128-95-91(75-113-63-79-41-17-3-18-42-79)126-108(104(122-72-88-59-35-12-36-60-88)99(95)117-67-83-49-25-7-26-50-83)129-96-92(76-114-64-80-43-19-4-20-44-80)125-107(103(121-71-87-57-33-11-34-58-87)100(96)118-68-84-51-27-8-28-52-84)127-94-90(74-112-62-78-39-15-2-16-40-78)123-105(110)101(119-69-85-53-29-9-30-54-85)98(94)116-66-82-47-23-6-24-48-82/h1-60,89-110H,61-76H2/t89-,90?,91-,92+,93-,94+,95-,96+,97-,98+,99-,100+,101-,102+,103+,104+,105?,106-,107-,108-/m0/s1. The molecule has 4 heterocycles. The van der Waals surface area contributed by atoms with E-state index in [1.54, 1.807) is 0 Å². The molecule has 0 spiro atoms. The molecule has 4 fully saturated rings. The third kappa shape index (κ3) is 27.0. The molecule has 129 heavy (non-hydrogen) atoms. The van der Waals surface area contributed by atoms with Crippen LogP contribution in [0.3, 0.4) is 0 Å². The van der Waals surface area contributed by atoms with Crippen molar-refractivity contribution in [1.29, 1.82) is 0 Å². The zero-order valence-electron chi connectivity index (χ0n) is 72.2. The van der Waals surface area contributed by atoms with Crippen LogP contribution in [0, 0.1) is 0 Å². The van der Waals surface area contributed by atoms with Gasteiger partial charge in [0.2, 0.25) is 0 Å². The van der Waals surface area contributed by atoms with Crippen molar-refractivity contribution in [3.05, 3.63) is 431 Å². The number of rotatable bonds is 46. The number of benzene rings is 12.